The summed E-state index contributed by atoms with van der Waals surface area (Å²) in [4.78, 5) is 24.1. The number of phenols is 3. The van der Waals surface area contributed by atoms with Crippen LogP contribution in [0.15, 0.2) is 45.6 Å². The summed E-state index contributed by atoms with van der Waals surface area (Å²) in [5.41, 5.74) is -0.657. The Morgan fingerprint density at radius 2 is 1.43 bits per heavy atom. The summed E-state index contributed by atoms with van der Waals surface area (Å²) >= 11 is 0. The molecule has 10 N–H and O–H groups in total. The topological polar surface area (TPSA) is 286 Å². The molecule has 1 aromatic heterocycles. The van der Waals surface area contributed by atoms with Crippen LogP contribution in [0.2, 0.25) is 0 Å². The third-order valence-electron chi connectivity index (χ3n) is 7.20. The van der Waals surface area contributed by atoms with Crippen LogP contribution >= 0.6 is 0 Å². The third kappa shape index (κ3) is 5.87. The fourth-order valence-corrected chi connectivity index (χ4v) is 4.80. The highest BCUT2D eigenvalue weighted by Crippen LogP contribution is 2.35. The normalized spacial score (nSPS) is 32.4. The van der Waals surface area contributed by atoms with E-state index >= 15 is 0 Å². The number of carboxylic acids is 1. The zero-order valence-corrected chi connectivity index (χ0v) is 22.3. The Hall–Kier alpha value is -4.04. The molecule has 0 radical (unpaired) electrons. The Balaban J connectivity index is 1.36. The number of phenolic OH excluding ortho intramolecular Hbond substituents is 3. The first-order chi connectivity index (χ1) is 20.8. The van der Waals surface area contributed by atoms with E-state index in [2.05, 4.69) is 0 Å². The van der Waals surface area contributed by atoms with Gasteiger partial charge in [-0.15, -0.1) is 0 Å². The third-order valence-corrected chi connectivity index (χ3v) is 7.20. The predicted octanol–water partition coefficient (Wildman–Crippen LogP) is -2.33. The van der Waals surface area contributed by atoms with Crippen LogP contribution in [0.4, 0.5) is 0 Å². The molecule has 2 aliphatic heterocycles. The van der Waals surface area contributed by atoms with Gasteiger partial charge in [-0.1, -0.05) is 0 Å². The smallest absolute Gasteiger partial charge is 0.335 e. The Labute approximate surface area is 245 Å². The maximum absolute atomic E-state index is 12.7. The van der Waals surface area contributed by atoms with E-state index < -0.39 is 96.7 Å². The van der Waals surface area contributed by atoms with E-state index in [1.807, 2.05) is 0 Å². The maximum Gasteiger partial charge on any atom is 0.335 e. The molecule has 2 aliphatic rings. The van der Waals surface area contributed by atoms with Crippen LogP contribution in [-0.2, 0) is 19.0 Å². The molecule has 0 amide bonds. The van der Waals surface area contributed by atoms with Gasteiger partial charge in [0.05, 0.1) is 6.61 Å². The summed E-state index contributed by atoms with van der Waals surface area (Å²) in [5.74, 6) is -3.41. The number of aliphatic hydroxyl groups excluding tert-OH is 6. The molecule has 2 fully saturated rings. The number of hydrogen-bond donors (Lipinski definition) is 10. The van der Waals surface area contributed by atoms with E-state index in [9.17, 15) is 60.7 Å². The van der Waals surface area contributed by atoms with Crippen molar-refractivity contribution in [1.29, 1.82) is 0 Å². The van der Waals surface area contributed by atoms with Gasteiger partial charge in [-0.05, 0) is 18.2 Å². The van der Waals surface area contributed by atoms with E-state index in [-0.39, 0.29) is 28.0 Å². The van der Waals surface area contributed by atoms with Crippen LogP contribution in [0.1, 0.15) is 0 Å². The Morgan fingerprint density at radius 3 is 2.11 bits per heavy atom. The molecule has 0 bridgehead atoms. The average Bonchev–Trinajstić information content (AvgIpc) is 2.97. The molecule has 2 aromatic carbocycles. The fourth-order valence-electron chi connectivity index (χ4n) is 4.80. The molecule has 10 unspecified atom stereocenters. The molecule has 17 heteroatoms. The van der Waals surface area contributed by atoms with Crippen molar-refractivity contribution < 1.29 is 79.2 Å². The number of fused-ring (bicyclic) bond motifs is 1. The van der Waals surface area contributed by atoms with E-state index in [0.717, 1.165) is 24.3 Å². The van der Waals surface area contributed by atoms with Gasteiger partial charge in [0, 0.05) is 23.8 Å². The second-order valence-electron chi connectivity index (χ2n) is 10.2. The first-order valence-electron chi connectivity index (χ1n) is 13.0. The quantitative estimate of drug-likeness (QED) is 0.123. The molecule has 3 aromatic rings. The fraction of sp³-hybridized carbons (Fsp3) is 0.407. The lowest BCUT2D eigenvalue weighted by molar-refractivity contribution is -0.318. The number of rotatable bonds is 7. The van der Waals surface area contributed by atoms with Crippen molar-refractivity contribution in [3.05, 3.63) is 46.6 Å². The highest BCUT2D eigenvalue weighted by atomic mass is 16.7. The molecule has 44 heavy (non-hydrogen) atoms. The minimum Gasteiger partial charge on any atom is -0.507 e. The Bertz CT molecular complexity index is 1590. The summed E-state index contributed by atoms with van der Waals surface area (Å²) in [6.45, 7) is -0.706. The lowest BCUT2D eigenvalue weighted by atomic mass is 9.98. The number of aromatic hydroxyl groups is 3. The molecule has 2 saturated heterocycles. The number of carboxylic acid groups (broad SMARTS) is 1. The van der Waals surface area contributed by atoms with E-state index in [4.69, 9.17) is 23.4 Å². The number of aliphatic carboxylic acids is 1. The van der Waals surface area contributed by atoms with Crippen molar-refractivity contribution in [1.82, 2.24) is 0 Å². The van der Waals surface area contributed by atoms with Gasteiger partial charge < -0.3 is 74.4 Å². The molecule has 3 heterocycles. The Kier molecular flexibility index (Phi) is 8.67. The van der Waals surface area contributed by atoms with Gasteiger partial charge >= 0.3 is 5.97 Å². The van der Waals surface area contributed by atoms with Gasteiger partial charge in [0.15, 0.2) is 29.3 Å². The van der Waals surface area contributed by atoms with Gasteiger partial charge in [0.1, 0.15) is 71.0 Å². The van der Waals surface area contributed by atoms with Gasteiger partial charge in [-0.25, -0.2) is 4.79 Å². The zero-order chi connectivity index (χ0) is 32.0. The molecular formula is C27H28O17. The second kappa shape index (κ2) is 12.2. The minimum atomic E-state index is -1.97. The number of ether oxygens (including phenoxy) is 4. The highest BCUT2D eigenvalue weighted by molar-refractivity contribution is 5.86. The van der Waals surface area contributed by atoms with Crippen molar-refractivity contribution in [3.8, 4) is 34.3 Å². The van der Waals surface area contributed by atoms with Crippen molar-refractivity contribution in [3.63, 3.8) is 0 Å². The second-order valence-corrected chi connectivity index (χ2v) is 10.2. The first kappa shape index (κ1) is 31.4. The highest BCUT2D eigenvalue weighted by Gasteiger charge is 2.49. The predicted molar refractivity (Wildman–Crippen MR) is 140 cm³/mol. The first-order valence-corrected chi connectivity index (χ1v) is 13.0. The largest absolute Gasteiger partial charge is 0.507 e. The van der Waals surface area contributed by atoms with E-state index in [0.29, 0.717) is 0 Å². The number of benzene rings is 2. The molecule has 17 nitrogen and oxygen atoms in total. The standard InChI is InChI=1S/C27H28O17/c28-10-2-1-8(3-11(10)29)14-6-13(31)17-12(30)4-9(5-15(17)42-14)41-27-23(37)19(33)18(32)16(43-27)7-40-26-22(36)20(34)21(35)24(44-26)25(38)39/h1-6,16,18-24,26-30,32-37H,7H2,(H,38,39). The van der Waals surface area contributed by atoms with Crippen LogP contribution in [0.25, 0.3) is 22.3 Å². The van der Waals surface area contributed by atoms with Gasteiger partial charge in [0.2, 0.25) is 6.29 Å². The van der Waals surface area contributed by atoms with Crippen molar-refractivity contribution in [2.45, 2.75) is 61.4 Å². The van der Waals surface area contributed by atoms with Crippen LogP contribution in [0.3, 0.4) is 0 Å². The lowest BCUT2D eigenvalue weighted by Crippen LogP contribution is -2.62. The number of carbonyl (C=O) groups is 1. The average molecular weight is 625 g/mol. The molecule has 0 aliphatic carbocycles. The van der Waals surface area contributed by atoms with Gasteiger partial charge in [-0.2, -0.15) is 0 Å². The van der Waals surface area contributed by atoms with Crippen molar-refractivity contribution in [2.75, 3.05) is 6.61 Å². The molecular weight excluding hydrogens is 596 g/mol. The van der Waals surface area contributed by atoms with E-state index in [1.54, 1.807) is 0 Å². The van der Waals surface area contributed by atoms with Crippen LogP contribution in [0, 0.1) is 0 Å². The van der Waals surface area contributed by atoms with Gasteiger partial charge in [0.25, 0.3) is 0 Å². The zero-order valence-electron chi connectivity index (χ0n) is 22.3. The molecule has 0 spiro atoms. The SMILES string of the molecule is O=C(O)C1OC(OCC2OC(Oc3cc(O)c4c(=O)cc(-c5ccc(O)c(O)c5)oc4c3)C(O)C(O)C2O)C(O)C(O)C1O. The molecule has 0 saturated carbocycles. The van der Waals surface area contributed by atoms with Crippen molar-refractivity contribution in [2.24, 2.45) is 0 Å². The minimum absolute atomic E-state index is 0.0473. The van der Waals surface area contributed by atoms with Crippen LogP contribution in [-0.4, -0.2) is 125 Å². The number of hydrogen-bond acceptors (Lipinski definition) is 16. The van der Waals surface area contributed by atoms with Gasteiger partial charge in [-0.3, -0.25) is 4.79 Å². The van der Waals surface area contributed by atoms with Crippen LogP contribution < -0.4 is 10.2 Å². The van der Waals surface area contributed by atoms with Crippen molar-refractivity contribution >= 4 is 16.9 Å². The summed E-state index contributed by atoms with van der Waals surface area (Å²) in [6.07, 6.45) is -18.4. The summed E-state index contributed by atoms with van der Waals surface area (Å²) in [6, 6.07) is 6.88. The number of aliphatic hydroxyl groups is 6. The summed E-state index contributed by atoms with van der Waals surface area (Å²) in [5, 5.41) is 100. The maximum atomic E-state index is 12.7. The summed E-state index contributed by atoms with van der Waals surface area (Å²) in [7, 11) is 0. The molecule has 10 atom stereocenters. The molecule has 238 valence electrons. The Morgan fingerprint density at radius 1 is 0.750 bits per heavy atom. The van der Waals surface area contributed by atoms with Crippen LogP contribution in [0.5, 0.6) is 23.0 Å². The van der Waals surface area contributed by atoms with E-state index in [1.165, 1.54) is 12.1 Å². The monoisotopic (exact) mass is 624 g/mol. The summed E-state index contributed by atoms with van der Waals surface area (Å²) < 4.78 is 27.1. The molecule has 5 rings (SSSR count). The lowest BCUT2D eigenvalue weighted by Gasteiger charge is -2.42.